The van der Waals surface area contributed by atoms with Gasteiger partial charge in [0.25, 0.3) is 0 Å². The van der Waals surface area contributed by atoms with Gasteiger partial charge in [0.2, 0.25) is 0 Å². The van der Waals surface area contributed by atoms with Crippen LogP contribution >= 0.6 is 0 Å². The van der Waals surface area contributed by atoms with Crippen LogP contribution in [0.2, 0.25) is 0 Å². The average Bonchev–Trinajstić information content (AvgIpc) is 2.59. The molecule has 3 heteroatoms. The highest BCUT2D eigenvalue weighted by molar-refractivity contribution is 5.00. The Labute approximate surface area is 146 Å². The summed E-state index contributed by atoms with van der Waals surface area (Å²) in [5.41, 5.74) is 0. The van der Waals surface area contributed by atoms with E-state index in [4.69, 9.17) is 4.74 Å². The SMILES string of the molecule is CCCCCC1CCC2C(CCC3C(F)C(OCC)CCC32)C1F. The molecule has 3 aliphatic rings. The summed E-state index contributed by atoms with van der Waals surface area (Å²) in [6, 6.07) is 0. The smallest absolute Gasteiger partial charge is 0.129 e. The number of rotatable bonds is 6. The van der Waals surface area contributed by atoms with Crippen LogP contribution in [-0.2, 0) is 4.74 Å². The molecule has 3 saturated carbocycles. The van der Waals surface area contributed by atoms with Gasteiger partial charge in [-0.25, -0.2) is 8.78 Å². The molecular formula is C21H36F2O. The van der Waals surface area contributed by atoms with Gasteiger partial charge in [-0.15, -0.1) is 0 Å². The molecule has 0 N–H and O–H groups in total. The lowest BCUT2D eigenvalue weighted by molar-refractivity contribution is -0.115. The molecule has 3 aliphatic carbocycles. The Bertz CT molecular complexity index is 388. The van der Waals surface area contributed by atoms with Crippen LogP contribution in [0.5, 0.6) is 0 Å². The van der Waals surface area contributed by atoms with Crippen molar-refractivity contribution < 1.29 is 13.5 Å². The number of ether oxygens (including phenoxy) is 1. The van der Waals surface area contributed by atoms with Crippen molar-refractivity contribution in [3.05, 3.63) is 0 Å². The number of hydrogen-bond donors (Lipinski definition) is 0. The van der Waals surface area contributed by atoms with Gasteiger partial charge in [-0.3, -0.25) is 0 Å². The summed E-state index contributed by atoms with van der Waals surface area (Å²) in [6.07, 6.45) is 8.81. The largest absolute Gasteiger partial charge is 0.375 e. The Morgan fingerprint density at radius 3 is 2.04 bits per heavy atom. The zero-order valence-electron chi connectivity index (χ0n) is 15.6. The molecule has 0 spiro atoms. The van der Waals surface area contributed by atoms with Crippen molar-refractivity contribution in [2.24, 2.45) is 29.6 Å². The summed E-state index contributed by atoms with van der Waals surface area (Å²) in [6.45, 7) is 4.75. The van der Waals surface area contributed by atoms with E-state index in [2.05, 4.69) is 6.92 Å². The van der Waals surface area contributed by atoms with E-state index in [1.54, 1.807) is 0 Å². The van der Waals surface area contributed by atoms with Gasteiger partial charge in [0.1, 0.15) is 12.3 Å². The van der Waals surface area contributed by atoms with Crippen molar-refractivity contribution in [3.8, 4) is 0 Å². The number of unbranched alkanes of at least 4 members (excludes halogenated alkanes) is 2. The van der Waals surface area contributed by atoms with Gasteiger partial charge in [0, 0.05) is 6.61 Å². The van der Waals surface area contributed by atoms with Gasteiger partial charge in [-0.1, -0.05) is 26.2 Å². The molecule has 0 aromatic heterocycles. The zero-order valence-corrected chi connectivity index (χ0v) is 15.6. The molecular weight excluding hydrogens is 306 g/mol. The Kier molecular flexibility index (Phi) is 6.56. The van der Waals surface area contributed by atoms with E-state index in [0.29, 0.717) is 18.4 Å². The fourth-order valence-electron chi connectivity index (χ4n) is 6.15. The van der Waals surface area contributed by atoms with Crippen molar-refractivity contribution in [1.29, 1.82) is 0 Å². The standard InChI is InChI=1S/C21H36F2O/c1-3-5-6-7-14-8-9-15-16-12-13-19(24-4-2)21(23)18(16)11-10-17(15)20(14)22/h14-21H,3-13H2,1-2H3. The summed E-state index contributed by atoms with van der Waals surface area (Å²) in [4.78, 5) is 0. The van der Waals surface area contributed by atoms with Crippen LogP contribution in [-0.4, -0.2) is 25.1 Å². The molecule has 0 radical (unpaired) electrons. The maximum Gasteiger partial charge on any atom is 0.129 e. The molecule has 0 bridgehead atoms. The highest BCUT2D eigenvalue weighted by Crippen LogP contribution is 2.54. The Morgan fingerprint density at radius 2 is 1.38 bits per heavy atom. The molecule has 0 aromatic rings. The zero-order chi connectivity index (χ0) is 17.1. The summed E-state index contributed by atoms with van der Waals surface area (Å²) in [7, 11) is 0. The summed E-state index contributed by atoms with van der Waals surface area (Å²) < 4.78 is 35.7. The lowest BCUT2D eigenvalue weighted by Crippen LogP contribution is -2.51. The monoisotopic (exact) mass is 342 g/mol. The molecule has 0 saturated heterocycles. The van der Waals surface area contributed by atoms with Crippen molar-refractivity contribution in [3.63, 3.8) is 0 Å². The van der Waals surface area contributed by atoms with Gasteiger partial charge in [-0.2, -0.15) is 0 Å². The minimum Gasteiger partial charge on any atom is -0.375 e. The van der Waals surface area contributed by atoms with E-state index < -0.39 is 12.3 Å². The second-order valence-electron chi connectivity index (χ2n) is 8.53. The van der Waals surface area contributed by atoms with Crippen LogP contribution in [0.1, 0.15) is 78.1 Å². The summed E-state index contributed by atoms with van der Waals surface area (Å²) in [5, 5.41) is 0. The first kappa shape index (κ1) is 18.6. The van der Waals surface area contributed by atoms with Gasteiger partial charge in [0.05, 0.1) is 6.10 Å². The predicted octanol–water partition coefficient (Wildman–Crippen LogP) is 6.11. The van der Waals surface area contributed by atoms with E-state index in [1.165, 1.54) is 19.3 Å². The molecule has 24 heavy (non-hydrogen) atoms. The lowest BCUT2D eigenvalue weighted by Gasteiger charge is -2.52. The topological polar surface area (TPSA) is 9.23 Å². The third-order valence-electron chi connectivity index (χ3n) is 7.32. The van der Waals surface area contributed by atoms with Gasteiger partial charge in [-0.05, 0) is 81.5 Å². The third-order valence-corrected chi connectivity index (χ3v) is 7.32. The van der Waals surface area contributed by atoms with Gasteiger partial charge >= 0.3 is 0 Å². The fraction of sp³-hybridized carbons (Fsp3) is 1.00. The quantitative estimate of drug-likeness (QED) is 0.529. The van der Waals surface area contributed by atoms with Crippen LogP contribution < -0.4 is 0 Å². The second-order valence-corrected chi connectivity index (χ2v) is 8.53. The number of hydrogen-bond acceptors (Lipinski definition) is 1. The maximum absolute atomic E-state index is 15.1. The first-order chi connectivity index (χ1) is 11.7. The third kappa shape index (κ3) is 3.66. The van der Waals surface area contributed by atoms with Crippen LogP contribution in [0.4, 0.5) is 8.78 Å². The predicted molar refractivity (Wildman–Crippen MR) is 94.5 cm³/mol. The Balaban J connectivity index is 1.61. The molecule has 0 amide bonds. The van der Waals surface area contributed by atoms with Crippen molar-refractivity contribution >= 4 is 0 Å². The average molecular weight is 343 g/mol. The van der Waals surface area contributed by atoms with E-state index in [-0.39, 0.29) is 23.9 Å². The fourth-order valence-corrected chi connectivity index (χ4v) is 6.15. The molecule has 0 aromatic carbocycles. The van der Waals surface area contributed by atoms with Gasteiger partial charge in [0.15, 0.2) is 0 Å². The lowest BCUT2D eigenvalue weighted by atomic mass is 9.55. The summed E-state index contributed by atoms with van der Waals surface area (Å²) in [5.74, 6) is 1.45. The van der Waals surface area contributed by atoms with Crippen LogP contribution in [0.3, 0.4) is 0 Å². The minimum atomic E-state index is -0.829. The van der Waals surface area contributed by atoms with Crippen molar-refractivity contribution in [2.75, 3.05) is 6.61 Å². The molecule has 3 fully saturated rings. The highest BCUT2D eigenvalue weighted by Gasteiger charge is 2.52. The van der Waals surface area contributed by atoms with E-state index in [0.717, 1.165) is 44.9 Å². The normalized spacial score (nSPS) is 45.5. The molecule has 3 rings (SSSR count). The molecule has 140 valence electrons. The van der Waals surface area contributed by atoms with E-state index in [9.17, 15) is 4.39 Å². The first-order valence-corrected chi connectivity index (χ1v) is 10.6. The van der Waals surface area contributed by atoms with Crippen LogP contribution in [0, 0.1) is 29.6 Å². The molecule has 0 heterocycles. The molecule has 8 atom stereocenters. The van der Waals surface area contributed by atoms with Crippen molar-refractivity contribution in [1.82, 2.24) is 0 Å². The number of alkyl halides is 2. The molecule has 8 unspecified atom stereocenters. The van der Waals surface area contributed by atoms with Crippen molar-refractivity contribution in [2.45, 2.75) is 96.5 Å². The highest BCUT2D eigenvalue weighted by atomic mass is 19.1. The second kappa shape index (κ2) is 8.47. The van der Waals surface area contributed by atoms with E-state index in [1.807, 2.05) is 6.92 Å². The molecule has 0 aliphatic heterocycles. The molecule has 1 nitrogen and oxygen atoms in total. The number of halogens is 2. The first-order valence-electron chi connectivity index (χ1n) is 10.6. The number of fused-ring (bicyclic) bond motifs is 3. The van der Waals surface area contributed by atoms with Crippen LogP contribution in [0.15, 0.2) is 0 Å². The van der Waals surface area contributed by atoms with Gasteiger partial charge < -0.3 is 4.74 Å². The maximum atomic E-state index is 15.1. The van der Waals surface area contributed by atoms with Crippen LogP contribution in [0.25, 0.3) is 0 Å². The Hall–Kier alpha value is -0.180. The minimum absolute atomic E-state index is 0.125. The van der Waals surface area contributed by atoms with E-state index >= 15 is 4.39 Å². The summed E-state index contributed by atoms with van der Waals surface area (Å²) >= 11 is 0. The Morgan fingerprint density at radius 1 is 0.750 bits per heavy atom.